The highest BCUT2D eigenvalue weighted by Crippen LogP contribution is 2.16. The van der Waals surface area contributed by atoms with E-state index in [1.165, 1.54) is 0 Å². The maximum Gasteiger partial charge on any atom is 0.0364 e. The number of aryl methyl sites for hydroxylation is 1. The van der Waals surface area contributed by atoms with Gasteiger partial charge in [-0.15, -0.1) is 0 Å². The molecule has 0 saturated carbocycles. The summed E-state index contributed by atoms with van der Waals surface area (Å²) in [6, 6.07) is 6.59. The van der Waals surface area contributed by atoms with Crippen molar-refractivity contribution in [2.75, 3.05) is 31.7 Å². The van der Waals surface area contributed by atoms with Gasteiger partial charge in [-0.3, -0.25) is 0 Å². The molecule has 84 valence electrons. The van der Waals surface area contributed by atoms with Gasteiger partial charge >= 0.3 is 0 Å². The molecule has 1 unspecified atom stereocenters. The fourth-order valence-electron chi connectivity index (χ4n) is 1.20. The average Bonchev–Trinajstić information content (AvgIpc) is 2.19. The van der Waals surface area contributed by atoms with Gasteiger partial charge < -0.3 is 16.0 Å². The molecule has 0 saturated heterocycles. The van der Waals surface area contributed by atoms with Gasteiger partial charge in [0.05, 0.1) is 0 Å². The number of hydrogen-bond donors (Lipinski definition) is 2. The van der Waals surface area contributed by atoms with E-state index in [0.717, 1.165) is 23.5 Å². The fourth-order valence-corrected chi connectivity index (χ4v) is 1.20. The van der Waals surface area contributed by atoms with Gasteiger partial charge in [-0.05, 0) is 45.6 Å². The molecule has 0 bridgehead atoms. The molecule has 1 rings (SSSR count). The Balaban J connectivity index is 2.55. The summed E-state index contributed by atoms with van der Waals surface area (Å²) in [4.78, 5) is 2.19. The predicted molar refractivity (Wildman–Crippen MR) is 67.2 cm³/mol. The van der Waals surface area contributed by atoms with Gasteiger partial charge in [0.25, 0.3) is 0 Å². The summed E-state index contributed by atoms with van der Waals surface area (Å²) in [5, 5.41) is 3.37. The maximum absolute atomic E-state index is 5.84. The van der Waals surface area contributed by atoms with Gasteiger partial charge in [0.15, 0.2) is 0 Å². The lowest BCUT2D eigenvalue weighted by Gasteiger charge is -2.20. The van der Waals surface area contributed by atoms with Crippen LogP contribution in [0.5, 0.6) is 0 Å². The van der Waals surface area contributed by atoms with Crippen molar-refractivity contribution in [1.29, 1.82) is 0 Å². The average molecular weight is 207 g/mol. The van der Waals surface area contributed by atoms with E-state index in [0.29, 0.717) is 6.04 Å². The largest absolute Gasteiger partial charge is 0.398 e. The molecule has 0 fully saturated rings. The van der Waals surface area contributed by atoms with E-state index in [1.54, 1.807) is 0 Å². The molecule has 0 heterocycles. The zero-order valence-corrected chi connectivity index (χ0v) is 10.0. The normalized spacial score (nSPS) is 12.9. The fraction of sp³-hybridized carbons (Fsp3) is 0.500. The monoisotopic (exact) mass is 207 g/mol. The van der Waals surface area contributed by atoms with E-state index >= 15 is 0 Å². The third-order valence-corrected chi connectivity index (χ3v) is 2.76. The van der Waals surface area contributed by atoms with Crippen LogP contribution in [0.2, 0.25) is 0 Å². The third kappa shape index (κ3) is 3.44. The quantitative estimate of drug-likeness (QED) is 0.741. The second-order valence-electron chi connectivity index (χ2n) is 4.26. The summed E-state index contributed by atoms with van der Waals surface area (Å²) in [6.07, 6.45) is 0. The molecular formula is C12H21N3. The topological polar surface area (TPSA) is 41.3 Å². The van der Waals surface area contributed by atoms with Crippen LogP contribution in [0.3, 0.4) is 0 Å². The Morgan fingerprint density at radius 3 is 2.60 bits per heavy atom. The Morgan fingerprint density at radius 1 is 1.40 bits per heavy atom. The highest BCUT2D eigenvalue weighted by atomic mass is 15.1. The summed E-state index contributed by atoms with van der Waals surface area (Å²) in [7, 11) is 4.16. The highest BCUT2D eigenvalue weighted by Gasteiger charge is 2.03. The SMILES string of the molecule is Cc1ccc(NCC(C)N(C)C)cc1N. The lowest BCUT2D eigenvalue weighted by Crippen LogP contribution is -2.31. The molecule has 1 aromatic carbocycles. The molecular weight excluding hydrogens is 186 g/mol. The van der Waals surface area contributed by atoms with Crippen molar-refractivity contribution in [2.24, 2.45) is 0 Å². The molecule has 0 aromatic heterocycles. The third-order valence-electron chi connectivity index (χ3n) is 2.76. The van der Waals surface area contributed by atoms with Crippen molar-refractivity contribution in [3.05, 3.63) is 23.8 Å². The molecule has 15 heavy (non-hydrogen) atoms. The molecule has 0 aliphatic heterocycles. The lowest BCUT2D eigenvalue weighted by atomic mass is 10.2. The first-order chi connectivity index (χ1) is 7.00. The van der Waals surface area contributed by atoms with E-state index in [-0.39, 0.29) is 0 Å². The standard InChI is InChI=1S/C12H21N3/c1-9-5-6-11(7-12(9)13)14-8-10(2)15(3)4/h5-7,10,14H,8,13H2,1-4H3. The van der Waals surface area contributed by atoms with Crippen molar-refractivity contribution >= 4 is 11.4 Å². The van der Waals surface area contributed by atoms with Crippen LogP contribution < -0.4 is 11.1 Å². The summed E-state index contributed by atoms with van der Waals surface area (Å²) >= 11 is 0. The molecule has 3 N–H and O–H groups in total. The molecule has 1 atom stereocenters. The van der Waals surface area contributed by atoms with Crippen molar-refractivity contribution < 1.29 is 0 Å². The number of nitrogens with one attached hydrogen (secondary N) is 1. The molecule has 1 aromatic rings. The van der Waals surface area contributed by atoms with Gasteiger partial charge in [-0.1, -0.05) is 6.07 Å². The van der Waals surface area contributed by atoms with Gasteiger partial charge in [0.1, 0.15) is 0 Å². The van der Waals surface area contributed by atoms with Crippen LogP contribution in [0.15, 0.2) is 18.2 Å². The number of rotatable bonds is 4. The lowest BCUT2D eigenvalue weighted by molar-refractivity contribution is 0.326. The van der Waals surface area contributed by atoms with E-state index in [1.807, 2.05) is 19.1 Å². The molecule has 0 amide bonds. The van der Waals surface area contributed by atoms with Crippen LogP contribution in [0.1, 0.15) is 12.5 Å². The first kappa shape index (κ1) is 11.9. The zero-order chi connectivity index (χ0) is 11.4. The summed E-state index contributed by atoms with van der Waals surface area (Å²) in [5.74, 6) is 0. The van der Waals surface area contributed by atoms with E-state index in [9.17, 15) is 0 Å². The maximum atomic E-state index is 5.84. The molecule has 3 heteroatoms. The van der Waals surface area contributed by atoms with Gasteiger partial charge in [-0.25, -0.2) is 0 Å². The Hall–Kier alpha value is -1.22. The van der Waals surface area contributed by atoms with Crippen molar-refractivity contribution in [3.8, 4) is 0 Å². The van der Waals surface area contributed by atoms with Crippen LogP contribution in [-0.2, 0) is 0 Å². The second-order valence-corrected chi connectivity index (χ2v) is 4.26. The van der Waals surface area contributed by atoms with Gasteiger partial charge in [-0.2, -0.15) is 0 Å². The minimum Gasteiger partial charge on any atom is -0.398 e. The first-order valence-corrected chi connectivity index (χ1v) is 5.27. The molecule has 3 nitrogen and oxygen atoms in total. The number of hydrogen-bond acceptors (Lipinski definition) is 3. The van der Waals surface area contributed by atoms with Crippen LogP contribution >= 0.6 is 0 Å². The summed E-state index contributed by atoms with van der Waals surface area (Å²) < 4.78 is 0. The number of nitrogen functional groups attached to an aromatic ring is 1. The number of nitrogens with two attached hydrogens (primary N) is 1. The van der Waals surface area contributed by atoms with Crippen molar-refractivity contribution in [2.45, 2.75) is 19.9 Å². The van der Waals surface area contributed by atoms with Crippen molar-refractivity contribution in [3.63, 3.8) is 0 Å². The first-order valence-electron chi connectivity index (χ1n) is 5.27. The number of nitrogens with zero attached hydrogens (tertiary/aromatic N) is 1. The number of benzene rings is 1. The van der Waals surface area contributed by atoms with Gasteiger partial charge in [0.2, 0.25) is 0 Å². The van der Waals surface area contributed by atoms with Crippen LogP contribution in [-0.4, -0.2) is 31.6 Å². The minimum atomic E-state index is 0.507. The van der Waals surface area contributed by atoms with Gasteiger partial charge in [0, 0.05) is 24.0 Å². The van der Waals surface area contributed by atoms with E-state index < -0.39 is 0 Å². The smallest absolute Gasteiger partial charge is 0.0364 e. The predicted octanol–water partition coefficient (Wildman–Crippen LogP) is 1.94. The molecule has 0 spiro atoms. The molecule has 0 aliphatic carbocycles. The minimum absolute atomic E-state index is 0.507. The zero-order valence-electron chi connectivity index (χ0n) is 10.0. The summed E-state index contributed by atoms with van der Waals surface area (Å²) in [6.45, 7) is 5.13. The Bertz CT molecular complexity index is 321. The Morgan fingerprint density at radius 2 is 2.07 bits per heavy atom. The number of likely N-dealkylation sites (N-methyl/N-ethyl adjacent to an activating group) is 1. The van der Waals surface area contributed by atoms with Crippen LogP contribution in [0.4, 0.5) is 11.4 Å². The van der Waals surface area contributed by atoms with Crippen LogP contribution in [0, 0.1) is 6.92 Å². The summed E-state index contributed by atoms with van der Waals surface area (Å²) in [5.41, 5.74) is 8.90. The Kier molecular flexibility index (Phi) is 3.97. The van der Waals surface area contributed by atoms with Crippen LogP contribution in [0.25, 0.3) is 0 Å². The Labute approximate surface area is 92.3 Å². The van der Waals surface area contributed by atoms with E-state index in [4.69, 9.17) is 5.73 Å². The number of anilines is 2. The molecule has 0 radical (unpaired) electrons. The highest BCUT2D eigenvalue weighted by molar-refractivity contribution is 5.58. The molecule has 0 aliphatic rings. The van der Waals surface area contributed by atoms with Crippen molar-refractivity contribution in [1.82, 2.24) is 4.90 Å². The second kappa shape index (κ2) is 5.03. The van der Waals surface area contributed by atoms with E-state index in [2.05, 4.69) is 37.3 Å².